The highest BCUT2D eigenvalue weighted by Crippen LogP contribution is 2.30. The van der Waals surface area contributed by atoms with Crippen LogP contribution in [0.1, 0.15) is 12.8 Å². The molecule has 0 amide bonds. The molecule has 1 heterocycles. The van der Waals surface area contributed by atoms with Crippen molar-refractivity contribution in [3.63, 3.8) is 0 Å². The first kappa shape index (κ1) is 17.0. The molecule has 1 aliphatic heterocycles. The summed E-state index contributed by atoms with van der Waals surface area (Å²) in [5.74, 6) is 0. The Morgan fingerprint density at radius 2 is 2.10 bits per heavy atom. The molecular weight excluding hydrogens is 335 g/mol. The summed E-state index contributed by atoms with van der Waals surface area (Å²) < 4.78 is 32.2. The predicted octanol–water partition coefficient (Wildman–Crippen LogP) is 2.12. The van der Waals surface area contributed by atoms with Crippen molar-refractivity contribution in [1.82, 2.24) is 4.31 Å². The van der Waals surface area contributed by atoms with Gasteiger partial charge in [-0.3, -0.25) is 0 Å². The van der Waals surface area contributed by atoms with Gasteiger partial charge in [-0.15, -0.1) is 0 Å². The molecule has 2 atom stereocenters. The zero-order valence-corrected chi connectivity index (χ0v) is 14.0. The Morgan fingerprint density at radius 1 is 1.38 bits per heavy atom. The summed E-state index contributed by atoms with van der Waals surface area (Å²) in [5.41, 5.74) is 5.73. The maximum absolute atomic E-state index is 12.7. The molecule has 1 aromatic carbocycles. The number of rotatable bonds is 4. The Balaban J connectivity index is 2.31. The molecule has 0 bridgehead atoms. The summed E-state index contributed by atoms with van der Waals surface area (Å²) in [6, 6.07) is 4.04. The van der Waals surface area contributed by atoms with Crippen LogP contribution in [0, 0.1) is 0 Å². The standard InChI is InChI=1S/C13H18Cl2N2O3S/c1-20-10-4-5-17(9(6-10)8-16)21(18,19)11-2-3-12(14)13(15)7-11/h2-3,7,9-10H,4-6,8,16H2,1H3. The first-order chi connectivity index (χ1) is 9.90. The number of halogens is 2. The van der Waals surface area contributed by atoms with E-state index < -0.39 is 10.0 Å². The summed E-state index contributed by atoms with van der Waals surface area (Å²) >= 11 is 11.7. The Kier molecular flexibility index (Phi) is 5.51. The first-order valence-electron chi connectivity index (χ1n) is 6.60. The Bertz CT molecular complexity index is 609. The highest BCUT2D eigenvalue weighted by Gasteiger charge is 2.36. The molecule has 1 aliphatic rings. The smallest absolute Gasteiger partial charge is 0.243 e. The Labute approximate surface area is 135 Å². The molecule has 2 rings (SSSR count). The maximum atomic E-state index is 12.7. The van der Waals surface area contributed by atoms with E-state index in [9.17, 15) is 8.42 Å². The molecule has 8 heteroatoms. The van der Waals surface area contributed by atoms with Gasteiger partial charge in [0, 0.05) is 26.2 Å². The number of hydrogen-bond acceptors (Lipinski definition) is 4. The van der Waals surface area contributed by atoms with Gasteiger partial charge in [0.1, 0.15) is 0 Å². The van der Waals surface area contributed by atoms with Crippen molar-refractivity contribution in [2.75, 3.05) is 20.2 Å². The van der Waals surface area contributed by atoms with Crippen LogP contribution < -0.4 is 5.73 Å². The van der Waals surface area contributed by atoms with Crippen molar-refractivity contribution in [1.29, 1.82) is 0 Å². The van der Waals surface area contributed by atoms with Crippen molar-refractivity contribution in [2.45, 2.75) is 29.9 Å². The zero-order valence-electron chi connectivity index (χ0n) is 11.6. The van der Waals surface area contributed by atoms with Crippen molar-refractivity contribution in [3.05, 3.63) is 28.2 Å². The minimum Gasteiger partial charge on any atom is -0.381 e. The number of methoxy groups -OCH3 is 1. The van der Waals surface area contributed by atoms with Gasteiger partial charge in [-0.05, 0) is 31.0 Å². The highest BCUT2D eigenvalue weighted by molar-refractivity contribution is 7.89. The van der Waals surface area contributed by atoms with Crippen LogP contribution in [0.4, 0.5) is 0 Å². The van der Waals surface area contributed by atoms with Gasteiger partial charge in [-0.2, -0.15) is 4.31 Å². The third-order valence-corrected chi connectivity index (χ3v) is 6.40. The second-order valence-electron chi connectivity index (χ2n) is 4.96. The lowest BCUT2D eigenvalue weighted by Crippen LogP contribution is -2.51. The van der Waals surface area contributed by atoms with E-state index in [1.807, 2.05) is 0 Å². The van der Waals surface area contributed by atoms with Crippen LogP contribution >= 0.6 is 23.2 Å². The summed E-state index contributed by atoms with van der Waals surface area (Å²) in [6.07, 6.45) is 1.28. The number of nitrogens with zero attached hydrogens (tertiary/aromatic N) is 1. The number of nitrogens with two attached hydrogens (primary N) is 1. The monoisotopic (exact) mass is 352 g/mol. The van der Waals surface area contributed by atoms with Crippen molar-refractivity contribution in [3.8, 4) is 0 Å². The molecule has 1 aromatic rings. The molecule has 21 heavy (non-hydrogen) atoms. The van der Waals surface area contributed by atoms with Gasteiger partial charge in [-0.1, -0.05) is 23.2 Å². The van der Waals surface area contributed by atoms with Gasteiger partial charge in [0.15, 0.2) is 0 Å². The van der Waals surface area contributed by atoms with Crippen LogP contribution in [0.3, 0.4) is 0 Å². The van der Waals surface area contributed by atoms with Gasteiger partial charge in [0.2, 0.25) is 10.0 Å². The zero-order chi connectivity index (χ0) is 15.6. The fourth-order valence-electron chi connectivity index (χ4n) is 2.51. The van der Waals surface area contributed by atoms with E-state index in [4.69, 9.17) is 33.7 Å². The molecular formula is C13H18Cl2N2O3S. The molecule has 0 spiro atoms. The minimum atomic E-state index is -3.64. The lowest BCUT2D eigenvalue weighted by Gasteiger charge is -2.37. The number of sulfonamides is 1. The fraction of sp³-hybridized carbons (Fsp3) is 0.538. The van der Waals surface area contributed by atoms with Crippen LogP contribution in [0.2, 0.25) is 10.0 Å². The molecule has 2 N–H and O–H groups in total. The predicted molar refractivity (Wildman–Crippen MR) is 83.2 cm³/mol. The van der Waals surface area contributed by atoms with E-state index in [0.29, 0.717) is 24.4 Å². The molecule has 0 aliphatic carbocycles. The van der Waals surface area contributed by atoms with Crippen LogP contribution in [0.25, 0.3) is 0 Å². The van der Waals surface area contributed by atoms with E-state index in [-0.39, 0.29) is 28.6 Å². The third kappa shape index (κ3) is 3.52. The molecule has 0 radical (unpaired) electrons. The highest BCUT2D eigenvalue weighted by atomic mass is 35.5. The molecule has 5 nitrogen and oxygen atoms in total. The third-order valence-electron chi connectivity index (χ3n) is 3.72. The van der Waals surface area contributed by atoms with Gasteiger partial charge >= 0.3 is 0 Å². The lowest BCUT2D eigenvalue weighted by molar-refractivity contribution is 0.0401. The van der Waals surface area contributed by atoms with Gasteiger partial charge in [-0.25, -0.2) is 8.42 Å². The van der Waals surface area contributed by atoms with Gasteiger partial charge in [0.05, 0.1) is 21.0 Å². The fourth-order valence-corrected chi connectivity index (χ4v) is 4.56. The Hall–Kier alpha value is -0.370. The molecule has 118 valence electrons. The summed E-state index contributed by atoms with van der Waals surface area (Å²) in [7, 11) is -2.01. The maximum Gasteiger partial charge on any atom is 0.243 e. The van der Waals surface area contributed by atoms with Gasteiger partial charge < -0.3 is 10.5 Å². The van der Waals surface area contributed by atoms with Crippen LogP contribution in [0.15, 0.2) is 23.1 Å². The second-order valence-corrected chi connectivity index (χ2v) is 7.67. The quantitative estimate of drug-likeness (QED) is 0.900. The van der Waals surface area contributed by atoms with Crippen molar-refractivity contribution < 1.29 is 13.2 Å². The lowest BCUT2D eigenvalue weighted by atomic mass is 10.0. The van der Waals surface area contributed by atoms with Crippen LogP contribution in [0.5, 0.6) is 0 Å². The second kappa shape index (κ2) is 6.81. The average Bonchev–Trinajstić information content (AvgIpc) is 2.49. The van der Waals surface area contributed by atoms with Crippen LogP contribution in [-0.2, 0) is 14.8 Å². The van der Waals surface area contributed by atoms with E-state index in [2.05, 4.69) is 0 Å². The molecule has 1 fully saturated rings. The normalized spacial score (nSPS) is 24.2. The molecule has 1 saturated heterocycles. The van der Waals surface area contributed by atoms with E-state index >= 15 is 0 Å². The number of benzene rings is 1. The van der Waals surface area contributed by atoms with Crippen LogP contribution in [-0.4, -0.2) is 45.1 Å². The minimum absolute atomic E-state index is 0.0406. The first-order valence-corrected chi connectivity index (χ1v) is 8.79. The van der Waals surface area contributed by atoms with E-state index in [1.165, 1.54) is 22.5 Å². The SMILES string of the molecule is COC1CCN(S(=O)(=O)c2ccc(Cl)c(Cl)c2)C(CN)C1. The molecule has 0 saturated carbocycles. The van der Waals surface area contributed by atoms with Crippen molar-refractivity contribution >= 4 is 33.2 Å². The largest absolute Gasteiger partial charge is 0.381 e. The van der Waals surface area contributed by atoms with E-state index in [1.54, 1.807) is 7.11 Å². The van der Waals surface area contributed by atoms with Crippen molar-refractivity contribution in [2.24, 2.45) is 5.73 Å². The van der Waals surface area contributed by atoms with E-state index in [0.717, 1.165) is 0 Å². The topological polar surface area (TPSA) is 72.6 Å². The molecule has 0 aromatic heterocycles. The summed E-state index contributed by atoms with van der Waals surface area (Å²) in [4.78, 5) is 0.131. The molecule has 2 unspecified atom stereocenters. The number of piperidine rings is 1. The number of ether oxygens (including phenoxy) is 1. The average molecular weight is 353 g/mol. The number of hydrogen-bond donors (Lipinski definition) is 1. The van der Waals surface area contributed by atoms with Gasteiger partial charge in [0.25, 0.3) is 0 Å². The summed E-state index contributed by atoms with van der Waals surface area (Å²) in [6.45, 7) is 0.628. The summed E-state index contributed by atoms with van der Waals surface area (Å²) in [5, 5.41) is 0.540. The Morgan fingerprint density at radius 3 is 2.67 bits per heavy atom.